The van der Waals surface area contributed by atoms with Crippen LogP contribution >= 0.6 is 0 Å². The van der Waals surface area contributed by atoms with Gasteiger partial charge in [0.25, 0.3) is 0 Å². The highest BCUT2D eigenvalue weighted by atomic mass is 16.2. The highest BCUT2D eigenvalue weighted by Crippen LogP contribution is 2.27. The molecule has 118 valence electrons. The third kappa shape index (κ3) is 3.49. The van der Waals surface area contributed by atoms with Crippen molar-refractivity contribution in [1.82, 2.24) is 4.90 Å². The first-order valence-corrected chi connectivity index (χ1v) is 7.38. The van der Waals surface area contributed by atoms with Crippen LogP contribution in [-0.4, -0.2) is 36.3 Å². The van der Waals surface area contributed by atoms with Gasteiger partial charge in [0.15, 0.2) is 0 Å². The molecule has 0 bridgehead atoms. The van der Waals surface area contributed by atoms with Crippen LogP contribution in [0.2, 0.25) is 0 Å². The number of anilines is 1. The highest BCUT2D eigenvalue weighted by molar-refractivity contribution is 6.00. The topological polar surface area (TPSA) is 88.2 Å². The van der Waals surface area contributed by atoms with Gasteiger partial charge in [0.05, 0.1) is 18.1 Å². The van der Waals surface area contributed by atoms with Crippen molar-refractivity contribution in [2.75, 3.05) is 24.5 Å². The number of hydrogen-bond donors (Lipinski definition) is 0. The van der Waals surface area contributed by atoms with Crippen LogP contribution in [0, 0.1) is 42.4 Å². The maximum Gasteiger partial charge on any atom is 0.229 e. The molecule has 1 aliphatic rings. The van der Waals surface area contributed by atoms with Crippen molar-refractivity contribution >= 4 is 17.5 Å². The summed E-state index contributed by atoms with van der Waals surface area (Å²) in [6.07, 6.45) is 0.110. The monoisotopic (exact) mass is 310 g/mol. The number of aryl methyl sites for hydroxylation is 2. The van der Waals surface area contributed by atoms with Crippen LogP contribution in [0.25, 0.3) is 0 Å². The fourth-order valence-electron chi connectivity index (χ4n) is 2.66. The molecule has 23 heavy (non-hydrogen) atoms. The molecule has 0 aromatic heterocycles. The predicted molar refractivity (Wildman–Crippen MR) is 84.2 cm³/mol. The Labute approximate surface area is 135 Å². The molecule has 6 nitrogen and oxygen atoms in total. The van der Waals surface area contributed by atoms with E-state index in [9.17, 15) is 9.59 Å². The zero-order valence-electron chi connectivity index (χ0n) is 13.2. The third-order valence-corrected chi connectivity index (χ3v) is 4.11. The quantitative estimate of drug-likeness (QED) is 0.789. The Hall–Kier alpha value is -2.86. The number of nitrogens with zero attached hydrogens (tertiary/aromatic N) is 4. The fraction of sp³-hybridized carbons (Fsp3) is 0.412. The molecular formula is C17H18N4O2. The minimum atomic E-state index is -0.509. The number of carbonyl (C=O) groups excluding carboxylic acids is 2. The molecule has 1 fully saturated rings. The van der Waals surface area contributed by atoms with Crippen LogP contribution < -0.4 is 4.90 Å². The minimum Gasteiger partial charge on any atom is -0.316 e. The summed E-state index contributed by atoms with van der Waals surface area (Å²) in [5.41, 5.74) is 3.00. The number of nitriles is 2. The van der Waals surface area contributed by atoms with E-state index in [0.717, 1.165) is 16.8 Å². The van der Waals surface area contributed by atoms with Gasteiger partial charge < -0.3 is 9.80 Å². The first kappa shape index (κ1) is 16.5. The van der Waals surface area contributed by atoms with Gasteiger partial charge in [-0.3, -0.25) is 9.59 Å². The zero-order valence-corrected chi connectivity index (χ0v) is 13.2. The standard InChI is InChI=1S/C17H18N4O2/c1-12-3-4-15(9-13(12)2)21-11-14(10-16(21)22)17(23)20(7-5-18)8-6-19/h3-4,9,14H,7-8,10-11H2,1-2H3/t14-/m0/s1. The second-order valence-electron chi connectivity index (χ2n) is 5.68. The number of carbonyl (C=O) groups is 2. The summed E-state index contributed by atoms with van der Waals surface area (Å²) in [4.78, 5) is 27.5. The molecule has 0 saturated carbocycles. The van der Waals surface area contributed by atoms with Crippen molar-refractivity contribution in [1.29, 1.82) is 10.5 Å². The summed E-state index contributed by atoms with van der Waals surface area (Å²) in [7, 11) is 0. The van der Waals surface area contributed by atoms with Crippen molar-refractivity contribution in [2.24, 2.45) is 5.92 Å². The molecule has 0 spiro atoms. The minimum absolute atomic E-state index is 0.110. The fourth-order valence-corrected chi connectivity index (χ4v) is 2.66. The number of amides is 2. The molecule has 1 atom stereocenters. The van der Waals surface area contributed by atoms with E-state index < -0.39 is 5.92 Å². The highest BCUT2D eigenvalue weighted by Gasteiger charge is 2.37. The average Bonchev–Trinajstić information content (AvgIpc) is 2.91. The molecule has 1 aromatic carbocycles. The van der Waals surface area contributed by atoms with Crippen molar-refractivity contribution in [3.05, 3.63) is 29.3 Å². The lowest BCUT2D eigenvalue weighted by Gasteiger charge is -2.21. The lowest BCUT2D eigenvalue weighted by atomic mass is 10.1. The maximum absolute atomic E-state index is 12.4. The Morgan fingerprint density at radius 2 is 1.91 bits per heavy atom. The zero-order chi connectivity index (χ0) is 17.0. The Morgan fingerprint density at radius 3 is 2.48 bits per heavy atom. The molecule has 0 unspecified atom stereocenters. The first-order valence-electron chi connectivity index (χ1n) is 7.38. The molecule has 1 heterocycles. The largest absolute Gasteiger partial charge is 0.316 e. The van der Waals surface area contributed by atoms with Gasteiger partial charge in [-0.05, 0) is 37.1 Å². The first-order chi connectivity index (χ1) is 11.0. The van der Waals surface area contributed by atoms with E-state index in [0.29, 0.717) is 0 Å². The van der Waals surface area contributed by atoms with Gasteiger partial charge in [-0.25, -0.2) is 0 Å². The predicted octanol–water partition coefficient (Wildman–Crippen LogP) is 1.53. The normalized spacial score (nSPS) is 16.8. The molecule has 0 N–H and O–H groups in total. The van der Waals surface area contributed by atoms with Crippen molar-refractivity contribution in [2.45, 2.75) is 20.3 Å². The molecule has 1 aromatic rings. The molecule has 0 aliphatic carbocycles. The second kappa shape index (κ2) is 6.93. The molecule has 0 radical (unpaired) electrons. The summed E-state index contributed by atoms with van der Waals surface area (Å²) in [5, 5.41) is 17.5. The second-order valence-corrected chi connectivity index (χ2v) is 5.68. The van der Waals surface area contributed by atoms with E-state index in [-0.39, 0.29) is 37.9 Å². The number of rotatable bonds is 4. The van der Waals surface area contributed by atoms with Crippen molar-refractivity contribution in [3.8, 4) is 12.1 Å². The maximum atomic E-state index is 12.4. The lowest BCUT2D eigenvalue weighted by molar-refractivity contribution is -0.134. The van der Waals surface area contributed by atoms with Crippen molar-refractivity contribution < 1.29 is 9.59 Å². The van der Waals surface area contributed by atoms with Gasteiger partial charge >= 0.3 is 0 Å². The summed E-state index contributed by atoms with van der Waals surface area (Å²) in [6, 6.07) is 9.51. The van der Waals surface area contributed by atoms with E-state index in [4.69, 9.17) is 10.5 Å². The van der Waals surface area contributed by atoms with Crippen LogP contribution in [0.1, 0.15) is 17.5 Å². The molecule has 1 aliphatic heterocycles. The summed E-state index contributed by atoms with van der Waals surface area (Å²) in [5.74, 6) is -0.931. The van der Waals surface area contributed by atoms with Crippen LogP contribution in [0.15, 0.2) is 18.2 Å². The summed E-state index contributed by atoms with van der Waals surface area (Å²) >= 11 is 0. The summed E-state index contributed by atoms with van der Waals surface area (Å²) in [6.45, 7) is 3.98. The van der Waals surface area contributed by atoms with Crippen LogP contribution in [0.5, 0.6) is 0 Å². The molecule has 2 amide bonds. The molecule has 2 rings (SSSR count). The Balaban J connectivity index is 2.16. The Bertz CT molecular complexity index is 698. The molecular weight excluding hydrogens is 292 g/mol. The van der Waals surface area contributed by atoms with E-state index in [1.165, 1.54) is 4.90 Å². The van der Waals surface area contributed by atoms with Crippen LogP contribution in [0.3, 0.4) is 0 Å². The van der Waals surface area contributed by atoms with E-state index >= 15 is 0 Å². The van der Waals surface area contributed by atoms with Crippen LogP contribution in [-0.2, 0) is 9.59 Å². The average molecular weight is 310 g/mol. The third-order valence-electron chi connectivity index (χ3n) is 4.11. The smallest absolute Gasteiger partial charge is 0.229 e. The lowest BCUT2D eigenvalue weighted by Crippen LogP contribution is -2.38. The van der Waals surface area contributed by atoms with E-state index in [1.807, 2.05) is 44.2 Å². The van der Waals surface area contributed by atoms with Gasteiger partial charge in [-0.15, -0.1) is 0 Å². The van der Waals surface area contributed by atoms with E-state index in [2.05, 4.69) is 0 Å². The van der Waals surface area contributed by atoms with Gasteiger partial charge in [0.2, 0.25) is 11.8 Å². The van der Waals surface area contributed by atoms with Gasteiger partial charge in [0.1, 0.15) is 13.1 Å². The molecule has 6 heteroatoms. The van der Waals surface area contributed by atoms with Gasteiger partial charge in [-0.1, -0.05) is 6.07 Å². The van der Waals surface area contributed by atoms with Gasteiger partial charge in [-0.2, -0.15) is 10.5 Å². The number of hydrogen-bond acceptors (Lipinski definition) is 4. The number of benzene rings is 1. The molecule has 1 saturated heterocycles. The van der Waals surface area contributed by atoms with Crippen molar-refractivity contribution in [3.63, 3.8) is 0 Å². The Morgan fingerprint density at radius 1 is 1.26 bits per heavy atom. The van der Waals surface area contributed by atoms with E-state index in [1.54, 1.807) is 4.90 Å². The van der Waals surface area contributed by atoms with Gasteiger partial charge in [0, 0.05) is 18.7 Å². The van der Waals surface area contributed by atoms with Crippen LogP contribution in [0.4, 0.5) is 5.69 Å². The SMILES string of the molecule is Cc1ccc(N2C[C@@H](C(=O)N(CC#N)CC#N)CC2=O)cc1C. The summed E-state index contributed by atoms with van der Waals surface area (Å²) < 4.78 is 0. The Kier molecular flexibility index (Phi) is 4.98.